The molecule has 5 rings (SSSR count). The second kappa shape index (κ2) is 8.82. The van der Waals surface area contributed by atoms with E-state index in [2.05, 4.69) is 47.7 Å². The minimum Gasteiger partial charge on any atom is -0.367 e. The number of fused-ring (bicyclic) bond motifs is 1. The SMILES string of the molecule is C[C@H]1CN(c2ccc(Nc3nc4cc(Nc5cccc(C(F)(F)F)c5)ncc4[nH]3)nc2)CCN1. The van der Waals surface area contributed by atoms with Crippen molar-refractivity contribution in [1.29, 1.82) is 0 Å². The third-order valence-electron chi connectivity index (χ3n) is 5.56. The molecule has 4 N–H and O–H groups in total. The van der Waals surface area contributed by atoms with Gasteiger partial charge in [0.15, 0.2) is 0 Å². The van der Waals surface area contributed by atoms with Crippen molar-refractivity contribution in [2.24, 2.45) is 0 Å². The zero-order valence-corrected chi connectivity index (χ0v) is 18.3. The Hall–Kier alpha value is -3.86. The van der Waals surface area contributed by atoms with Gasteiger partial charge < -0.3 is 25.8 Å². The number of hydrogen-bond acceptors (Lipinski definition) is 7. The Balaban J connectivity index is 1.28. The van der Waals surface area contributed by atoms with E-state index in [1.165, 1.54) is 6.07 Å². The van der Waals surface area contributed by atoms with Gasteiger partial charge in [-0.05, 0) is 37.3 Å². The van der Waals surface area contributed by atoms with Crippen LogP contribution in [0.1, 0.15) is 12.5 Å². The van der Waals surface area contributed by atoms with Gasteiger partial charge in [0, 0.05) is 37.4 Å². The maximum atomic E-state index is 13.0. The first-order chi connectivity index (χ1) is 16.3. The van der Waals surface area contributed by atoms with E-state index in [9.17, 15) is 13.2 Å². The fourth-order valence-electron chi connectivity index (χ4n) is 3.89. The van der Waals surface area contributed by atoms with Gasteiger partial charge in [-0.25, -0.2) is 15.0 Å². The molecule has 1 aliphatic heterocycles. The number of anilines is 5. The fourth-order valence-corrected chi connectivity index (χ4v) is 3.89. The summed E-state index contributed by atoms with van der Waals surface area (Å²) in [4.78, 5) is 18.7. The van der Waals surface area contributed by atoms with Crippen LogP contribution in [-0.2, 0) is 6.18 Å². The molecule has 0 aliphatic carbocycles. The van der Waals surface area contributed by atoms with Gasteiger partial charge >= 0.3 is 6.18 Å². The largest absolute Gasteiger partial charge is 0.416 e. The first-order valence-corrected chi connectivity index (χ1v) is 10.8. The molecule has 0 spiro atoms. The van der Waals surface area contributed by atoms with Crippen molar-refractivity contribution >= 4 is 40.0 Å². The number of hydrogen-bond donors (Lipinski definition) is 4. The topological polar surface area (TPSA) is 93.8 Å². The smallest absolute Gasteiger partial charge is 0.367 e. The molecule has 4 aromatic rings. The van der Waals surface area contributed by atoms with Gasteiger partial charge in [0.2, 0.25) is 5.95 Å². The lowest BCUT2D eigenvalue weighted by Gasteiger charge is -2.33. The van der Waals surface area contributed by atoms with Crippen molar-refractivity contribution in [2.45, 2.75) is 19.1 Å². The van der Waals surface area contributed by atoms with Crippen molar-refractivity contribution in [3.63, 3.8) is 0 Å². The Morgan fingerprint density at radius 2 is 1.88 bits per heavy atom. The molecule has 11 heteroatoms. The Kier molecular flexibility index (Phi) is 5.70. The fraction of sp³-hybridized carbons (Fsp3) is 0.261. The number of H-pyrrole nitrogens is 1. The lowest BCUT2D eigenvalue weighted by atomic mass is 10.2. The van der Waals surface area contributed by atoms with Gasteiger partial charge in [-0.15, -0.1) is 0 Å². The van der Waals surface area contributed by atoms with Crippen LogP contribution < -0.4 is 20.9 Å². The van der Waals surface area contributed by atoms with Crippen LogP contribution in [0.2, 0.25) is 0 Å². The summed E-state index contributed by atoms with van der Waals surface area (Å²) in [5.74, 6) is 1.52. The van der Waals surface area contributed by atoms with Gasteiger partial charge in [-0.3, -0.25) is 0 Å². The van der Waals surface area contributed by atoms with Crippen LogP contribution in [0.25, 0.3) is 11.0 Å². The molecule has 34 heavy (non-hydrogen) atoms. The third-order valence-corrected chi connectivity index (χ3v) is 5.56. The number of nitrogens with zero attached hydrogens (tertiary/aromatic N) is 4. The lowest BCUT2D eigenvalue weighted by Crippen LogP contribution is -2.49. The van der Waals surface area contributed by atoms with E-state index in [1.807, 2.05) is 18.3 Å². The van der Waals surface area contributed by atoms with E-state index < -0.39 is 11.7 Å². The van der Waals surface area contributed by atoms with E-state index in [1.54, 1.807) is 18.3 Å². The molecule has 1 saturated heterocycles. The van der Waals surface area contributed by atoms with Gasteiger partial charge in [0.05, 0.1) is 34.7 Å². The quantitative estimate of drug-likeness (QED) is 0.339. The molecule has 1 atom stereocenters. The zero-order valence-electron chi connectivity index (χ0n) is 18.3. The summed E-state index contributed by atoms with van der Waals surface area (Å²) in [7, 11) is 0. The van der Waals surface area contributed by atoms with E-state index in [-0.39, 0.29) is 0 Å². The van der Waals surface area contributed by atoms with E-state index in [0.29, 0.717) is 40.3 Å². The Morgan fingerprint density at radius 3 is 2.65 bits per heavy atom. The maximum Gasteiger partial charge on any atom is 0.416 e. The molecule has 176 valence electrons. The van der Waals surface area contributed by atoms with Gasteiger partial charge in [0.25, 0.3) is 0 Å². The summed E-state index contributed by atoms with van der Waals surface area (Å²) in [5.41, 5.74) is 1.92. The zero-order chi connectivity index (χ0) is 23.7. The normalized spacial score (nSPS) is 16.6. The number of benzene rings is 1. The molecular formula is C23H23F3N8. The summed E-state index contributed by atoms with van der Waals surface area (Å²) < 4.78 is 38.9. The molecule has 1 fully saturated rings. The number of halogens is 3. The number of rotatable bonds is 5. The molecular weight excluding hydrogens is 445 g/mol. The highest BCUT2D eigenvalue weighted by Crippen LogP contribution is 2.31. The van der Waals surface area contributed by atoms with Crippen LogP contribution in [0.3, 0.4) is 0 Å². The molecule has 0 bridgehead atoms. The number of aromatic nitrogens is 4. The van der Waals surface area contributed by atoms with Gasteiger partial charge in [-0.1, -0.05) is 6.07 Å². The van der Waals surface area contributed by atoms with Gasteiger partial charge in [0.1, 0.15) is 11.6 Å². The minimum absolute atomic E-state index is 0.290. The molecule has 0 saturated carbocycles. The van der Waals surface area contributed by atoms with Crippen LogP contribution in [0.5, 0.6) is 0 Å². The first-order valence-electron chi connectivity index (χ1n) is 10.8. The van der Waals surface area contributed by atoms with Crippen LogP contribution in [-0.4, -0.2) is 45.6 Å². The van der Waals surface area contributed by atoms with Gasteiger partial charge in [-0.2, -0.15) is 13.2 Å². The Morgan fingerprint density at radius 1 is 1.03 bits per heavy atom. The van der Waals surface area contributed by atoms with Crippen molar-refractivity contribution in [3.05, 3.63) is 60.4 Å². The van der Waals surface area contributed by atoms with Crippen LogP contribution in [0.15, 0.2) is 54.9 Å². The number of alkyl halides is 3. The summed E-state index contributed by atoms with van der Waals surface area (Å²) in [5, 5.41) is 9.47. The molecule has 1 aliphatic rings. The lowest BCUT2D eigenvalue weighted by molar-refractivity contribution is -0.137. The molecule has 8 nitrogen and oxygen atoms in total. The number of imidazole rings is 1. The number of aromatic amines is 1. The van der Waals surface area contributed by atoms with Crippen molar-refractivity contribution in [1.82, 2.24) is 25.3 Å². The van der Waals surface area contributed by atoms with Crippen LogP contribution in [0.4, 0.5) is 42.1 Å². The summed E-state index contributed by atoms with van der Waals surface area (Å²) in [6.45, 7) is 4.97. The minimum atomic E-state index is -4.41. The molecule has 0 amide bonds. The molecule has 3 aromatic heterocycles. The second-order valence-electron chi connectivity index (χ2n) is 8.20. The summed E-state index contributed by atoms with van der Waals surface area (Å²) >= 11 is 0. The summed E-state index contributed by atoms with van der Waals surface area (Å²) in [6, 6.07) is 11.0. The highest BCUT2D eigenvalue weighted by Gasteiger charge is 2.30. The molecule has 0 radical (unpaired) electrons. The second-order valence-corrected chi connectivity index (χ2v) is 8.20. The number of pyridine rings is 2. The molecule has 4 heterocycles. The highest BCUT2D eigenvalue weighted by atomic mass is 19.4. The third kappa shape index (κ3) is 4.88. The summed E-state index contributed by atoms with van der Waals surface area (Å²) in [6.07, 6.45) is -0.999. The molecule has 0 unspecified atom stereocenters. The number of piperazine rings is 1. The van der Waals surface area contributed by atoms with Crippen LogP contribution >= 0.6 is 0 Å². The van der Waals surface area contributed by atoms with E-state index in [0.717, 1.165) is 37.5 Å². The Bertz CT molecular complexity index is 1290. The maximum absolute atomic E-state index is 13.0. The monoisotopic (exact) mass is 468 g/mol. The van der Waals surface area contributed by atoms with Crippen LogP contribution in [0, 0.1) is 0 Å². The Labute approximate surface area is 193 Å². The van der Waals surface area contributed by atoms with E-state index in [4.69, 9.17) is 0 Å². The average Bonchev–Trinajstić information content (AvgIpc) is 3.21. The van der Waals surface area contributed by atoms with E-state index >= 15 is 0 Å². The highest BCUT2D eigenvalue weighted by molar-refractivity contribution is 5.80. The van der Waals surface area contributed by atoms with Crippen molar-refractivity contribution in [3.8, 4) is 0 Å². The van der Waals surface area contributed by atoms with Crippen molar-refractivity contribution < 1.29 is 13.2 Å². The predicted octanol–water partition coefficient (Wildman–Crippen LogP) is 4.66. The molecule has 1 aromatic carbocycles. The number of nitrogens with one attached hydrogen (secondary N) is 4. The average molecular weight is 468 g/mol. The standard InChI is InChI=1S/C23H23F3N8/c1-14-13-34(8-7-27-14)17-5-6-20(28-11-17)33-22-31-18-10-21(29-12-19(18)32-22)30-16-4-2-3-15(9-16)23(24,25)26/h2-6,9-12,14,27H,7-8,13H2,1H3,(H,29,30)(H2,28,31,32,33)/t14-/m0/s1. The first kappa shape index (κ1) is 22.0. The van der Waals surface area contributed by atoms with Crippen molar-refractivity contribution in [2.75, 3.05) is 35.2 Å². The predicted molar refractivity (Wildman–Crippen MR) is 126 cm³/mol.